The zero-order chi connectivity index (χ0) is 14.7. The standard InChI is InChI=1S/C17H23N3S/c1-3-8-18-11-15-16(13-5-6-13)20-17(21-15)14-7-9-19-10-12(14)4-2/h7,9-10,13,18H,3-6,8,11H2,1-2H3. The highest BCUT2D eigenvalue weighted by Gasteiger charge is 2.29. The van der Waals surface area contributed by atoms with Gasteiger partial charge in [-0.05, 0) is 43.9 Å². The lowest BCUT2D eigenvalue weighted by Gasteiger charge is -2.02. The van der Waals surface area contributed by atoms with E-state index in [2.05, 4.69) is 30.2 Å². The van der Waals surface area contributed by atoms with Gasteiger partial charge in [0.15, 0.2) is 0 Å². The Morgan fingerprint density at radius 3 is 2.90 bits per heavy atom. The van der Waals surface area contributed by atoms with Crippen molar-refractivity contribution in [3.8, 4) is 10.6 Å². The largest absolute Gasteiger partial charge is 0.312 e. The lowest BCUT2D eigenvalue weighted by atomic mass is 10.1. The Bertz CT molecular complexity index is 602. The first-order chi connectivity index (χ1) is 10.3. The van der Waals surface area contributed by atoms with Crippen molar-refractivity contribution in [2.75, 3.05) is 6.54 Å². The fraction of sp³-hybridized carbons (Fsp3) is 0.529. The van der Waals surface area contributed by atoms with Crippen LogP contribution in [0.25, 0.3) is 10.6 Å². The van der Waals surface area contributed by atoms with Crippen molar-refractivity contribution in [3.05, 3.63) is 34.6 Å². The van der Waals surface area contributed by atoms with E-state index in [9.17, 15) is 0 Å². The van der Waals surface area contributed by atoms with E-state index in [-0.39, 0.29) is 0 Å². The number of pyridine rings is 1. The molecule has 1 aliphatic carbocycles. The third-order valence-electron chi connectivity index (χ3n) is 3.92. The summed E-state index contributed by atoms with van der Waals surface area (Å²) in [6.45, 7) is 6.42. The van der Waals surface area contributed by atoms with Gasteiger partial charge in [0.05, 0.1) is 5.69 Å². The van der Waals surface area contributed by atoms with Crippen LogP contribution in [0.1, 0.15) is 55.2 Å². The summed E-state index contributed by atoms with van der Waals surface area (Å²) in [4.78, 5) is 10.7. The smallest absolute Gasteiger partial charge is 0.124 e. The predicted octanol–water partition coefficient (Wildman–Crippen LogP) is 4.14. The highest BCUT2D eigenvalue weighted by molar-refractivity contribution is 7.15. The SMILES string of the molecule is CCCNCc1sc(-c2ccncc2CC)nc1C1CC1. The number of aryl methyl sites for hydroxylation is 1. The van der Waals surface area contributed by atoms with Crippen molar-refractivity contribution in [2.45, 2.75) is 52.0 Å². The van der Waals surface area contributed by atoms with E-state index in [0.29, 0.717) is 5.92 Å². The third kappa shape index (κ3) is 3.33. The molecule has 3 rings (SSSR count). The summed E-state index contributed by atoms with van der Waals surface area (Å²) in [6.07, 6.45) is 8.64. The van der Waals surface area contributed by atoms with Gasteiger partial charge in [0.1, 0.15) is 5.01 Å². The summed E-state index contributed by atoms with van der Waals surface area (Å²) in [7, 11) is 0. The molecule has 2 aromatic heterocycles. The normalized spacial score (nSPS) is 14.6. The number of nitrogens with one attached hydrogen (secondary N) is 1. The van der Waals surface area contributed by atoms with Gasteiger partial charge >= 0.3 is 0 Å². The molecule has 0 bridgehead atoms. The molecule has 0 spiro atoms. The van der Waals surface area contributed by atoms with Gasteiger partial charge in [-0.2, -0.15) is 0 Å². The molecule has 112 valence electrons. The lowest BCUT2D eigenvalue weighted by Crippen LogP contribution is -2.13. The van der Waals surface area contributed by atoms with Gasteiger partial charge in [-0.15, -0.1) is 11.3 Å². The molecular formula is C17H23N3S. The molecule has 1 N–H and O–H groups in total. The number of hydrogen-bond acceptors (Lipinski definition) is 4. The van der Waals surface area contributed by atoms with Gasteiger partial charge in [0.25, 0.3) is 0 Å². The van der Waals surface area contributed by atoms with Gasteiger partial charge in [-0.1, -0.05) is 13.8 Å². The molecule has 4 heteroatoms. The van der Waals surface area contributed by atoms with E-state index in [1.54, 1.807) is 0 Å². The Kier molecular flexibility index (Phi) is 4.66. The lowest BCUT2D eigenvalue weighted by molar-refractivity contribution is 0.676. The minimum Gasteiger partial charge on any atom is -0.312 e. The molecule has 0 atom stereocenters. The van der Waals surface area contributed by atoms with Crippen LogP contribution in [-0.4, -0.2) is 16.5 Å². The minimum atomic E-state index is 0.709. The Labute approximate surface area is 130 Å². The van der Waals surface area contributed by atoms with E-state index in [1.165, 1.54) is 46.0 Å². The first kappa shape index (κ1) is 14.7. The fourth-order valence-electron chi connectivity index (χ4n) is 2.58. The summed E-state index contributed by atoms with van der Waals surface area (Å²) in [6, 6.07) is 2.11. The van der Waals surface area contributed by atoms with Crippen LogP contribution < -0.4 is 5.32 Å². The van der Waals surface area contributed by atoms with Gasteiger partial charge in [0, 0.05) is 35.3 Å². The number of hydrogen-bond donors (Lipinski definition) is 1. The Morgan fingerprint density at radius 2 is 2.19 bits per heavy atom. The first-order valence-corrected chi connectivity index (χ1v) is 8.78. The molecular weight excluding hydrogens is 278 g/mol. The maximum Gasteiger partial charge on any atom is 0.124 e. The molecule has 2 heterocycles. The third-order valence-corrected chi connectivity index (χ3v) is 5.02. The molecule has 0 aromatic carbocycles. The van der Waals surface area contributed by atoms with Crippen LogP contribution in [0, 0.1) is 0 Å². The molecule has 0 amide bonds. The molecule has 0 unspecified atom stereocenters. The fourth-order valence-corrected chi connectivity index (χ4v) is 3.75. The summed E-state index contributed by atoms with van der Waals surface area (Å²) < 4.78 is 0. The second kappa shape index (κ2) is 6.67. The molecule has 21 heavy (non-hydrogen) atoms. The molecule has 3 nitrogen and oxygen atoms in total. The van der Waals surface area contributed by atoms with E-state index in [4.69, 9.17) is 4.98 Å². The summed E-state index contributed by atoms with van der Waals surface area (Å²) in [5, 5.41) is 4.70. The summed E-state index contributed by atoms with van der Waals surface area (Å²) >= 11 is 1.86. The van der Waals surface area contributed by atoms with Gasteiger partial charge in [0.2, 0.25) is 0 Å². The van der Waals surface area contributed by atoms with E-state index >= 15 is 0 Å². The quantitative estimate of drug-likeness (QED) is 0.781. The molecule has 1 aliphatic rings. The molecule has 1 fully saturated rings. The topological polar surface area (TPSA) is 37.8 Å². The Hall–Kier alpha value is -1.26. The van der Waals surface area contributed by atoms with Crippen LogP contribution in [0.5, 0.6) is 0 Å². The Morgan fingerprint density at radius 1 is 1.33 bits per heavy atom. The molecule has 0 saturated heterocycles. The van der Waals surface area contributed by atoms with Crippen molar-refractivity contribution >= 4 is 11.3 Å². The van der Waals surface area contributed by atoms with E-state index in [0.717, 1.165) is 19.5 Å². The van der Waals surface area contributed by atoms with Crippen LogP contribution in [-0.2, 0) is 13.0 Å². The second-order valence-electron chi connectivity index (χ2n) is 5.66. The summed E-state index contributed by atoms with van der Waals surface area (Å²) in [5.74, 6) is 0.709. The number of rotatable bonds is 7. The average Bonchev–Trinajstić information content (AvgIpc) is 3.28. The molecule has 0 radical (unpaired) electrons. The maximum absolute atomic E-state index is 4.98. The predicted molar refractivity (Wildman–Crippen MR) is 88.7 cm³/mol. The Balaban J connectivity index is 1.90. The van der Waals surface area contributed by atoms with Crippen LogP contribution in [0.15, 0.2) is 18.5 Å². The van der Waals surface area contributed by atoms with Crippen molar-refractivity contribution in [1.82, 2.24) is 15.3 Å². The van der Waals surface area contributed by atoms with Crippen molar-refractivity contribution in [3.63, 3.8) is 0 Å². The zero-order valence-corrected chi connectivity index (χ0v) is 13.7. The number of aromatic nitrogens is 2. The molecule has 1 saturated carbocycles. The number of nitrogens with zero attached hydrogens (tertiary/aromatic N) is 2. The zero-order valence-electron chi connectivity index (χ0n) is 12.9. The van der Waals surface area contributed by atoms with E-state index < -0.39 is 0 Å². The molecule has 0 aliphatic heterocycles. The minimum absolute atomic E-state index is 0.709. The van der Waals surface area contributed by atoms with Crippen LogP contribution in [0.2, 0.25) is 0 Å². The maximum atomic E-state index is 4.98. The highest BCUT2D eigenvalue weighted by atomic mass is 32.1. The van der Waals surface area contributed by atoms with E-state index in [1.807, 2.05) is 23.7 Å². The monoisotopic (exact) mass is 301 g/mol. The van der Waals surface area contributed by atoms with Crippen LogP contribution in [0.4, 0.5) is 0 Å². The average molecular weight is 301 g/mol. The van der Waals surface area contributed by atoms with Crippen molar-refractivity contribution < 1.29 is 0 Å². The summed E-state index contributed by atoms with van der Waals surface area (Å²) in [5.41, 5.74) is 3.90. The number of thiazole rings is 1. The second-order valence-corrected chi connectivity index (χ2v) is 6.75. The van der Waals surface area contributed by atoms with Crippen molar-refractivity contribution in [1.29, 1.82) is 0 Å². The molecule has 2 aromatic rings. The van der Waals surface area contributed by atoms with Gasteiger partial charge in [-0.25, -0.2) is 4.98 Å². The highest BCUT2D eigenvalue weighted by Crippen LogP contribution is 2.44. The van der Waals surface area contributed by atoms with Crippen LogP contribution in [0.3, 0.4) is 0 Å². The van der Waals surface area contributed by atoms with Gasteiger partial charge < -0.3 is 5.32 Å². The first-order valence-electron chi connectivity index (χ1n) is 7.97. The van der Waals surface area contributed by atoms with Gasteiger partial charge in [-0.3, -0.25) is 4.98 Å². The van der Waals surface area contributed by atoms with Crippen molar-refractivity contribution in [2.24, 2.45) is 0 Å². The van der Waals surface area contributed by atoms with Crippen LogP contribution >= 0.6 is 11.3 Å².